The number of nitriles is 1. The first-order valence-corrected chi connectivity index (χ1v) is 6.11. The third-order valence-electron chi connectivity index (χ3n) is 2.40. The van der Waals surface area contributed by atoms with Crippen LogP contribution in [0.5, 0.6) is 0 Å². The number of pyridine rings is 1. The zero-order valence-electron chi connectivity index (χ0n) is 11.4. The molecule has 0 aromatic carbocycles. The molecule has 1 amide bonds. The van der Waals surface area contributed by atoms with Crippen molar-refractivity contribution in [2.45, 2.75) is 20.8 Å². The van der Waals surface area contributed by atoms with Crippen LogP contribution >= 0.6 is 0 Å². The summed E-state index contributed by atoms with van der Waals surface area (Å²) in [7, 11) is 0. The van der Waals surface area contributed by atoms with Gasteiger partial charge in [-0.15, -0.1) is 0 Å². The van der Waals surface area contributed by atoms with E-state index >= 15 is 0 Å². The maximum absolute atomic E-state index is 11.7. The molecule has 1 heterocycles. The Morgan fingerprint density at radius 1 is 1.58 bits per heavy atom. The highest BCUT2D eigenvalue weighted by Crippen LogP contribution is 2.09. The Balaban J connectivity index is 2.70. The van der Waals surface area contributed by atoms with Gasteiger partial charge in [0.2, 0.25) is 0 Å². The van der Waals surface area contributed by atoms with Crippen molar-refractivity contribution in [2.24, 2.45) is 5.92 Å². The summed E-state index contributed by atoms with van der Waals surface area (Å²) in [5, 5.41) is 14.5. The van der Waals surface area contributed by atoms with E-state index in [2.05, 4.69) is 15.6 Å². The second-order valence-corrected chi connectivity index (χ2v) is 4.59. The van der Waals surface area contributed by atoms with Crippen LogP contribution in [0, 0.1) is 24.2 Å². The molecule has 1 rings (SSSR count). The first-order chi connectivity index (χ1) is 9.04. The summed E-state index contributed by atoms with van der Waals surface area (Å²) in [6.45, 7) is 6.42. The van der Waals surface area contributed by atoms with Gasteiger partial charge in [0.1, 0.15) is 17.5 Å². The topological polar surface area (TPSA) is 77.8 Å². The molecule has 1 aromatic rings. The number of carbonyl (C=O) groups is 1. The van der Waals surface area contributed by atoms with Gasteiger partial charge in [-0.25, -0.2) is 4.98 Å². The molecule has 2 N–H and O–H groups in total. The summed E-state index contributed by atoms with van der Waals surface area (Å²) in [6.07, 6.45) is 3.03. The van der Waals surface area contributed by atoms with Crippen molar-refractivity contribution in [2.75, 3.05) is 11.9 Å². The van der Waals surface area contributed by atoms with Gasteiger partial charge in [0.15, 0.2) is 0 Å². The normalized spacial score (nSPS) is 11.0. The summed E-state index contributed by atoms with van der Waals surface area (Å²) in [5.41, 5.74) is 0.976. The van der Waals surface area contributed by atoms with Crippen molar-refractivity contribution in [1.29, 1.82) is 5.26 Å². The van der Waals surface area contributed by atoms with Crippen LogP contribution in [-0.2, 0) is 4.79 Å². The second kappa shape index (κ2) is 7.17. The number of aryl methyl sites for hydroxylation is 1. The van der Waals surface area contributed by atoms with Crippen LogP contribution in [0.15, 0.2) is 30.1 Å². The average Bonchev–Trinajstić information content (AvgIpc) is 2.39. The Kier molecular flexibility index (Phi) is 5.55. The number of hydrogen-bond acceptors (Lipinski definition) is 4. The van der Waals surface area contributed by atoms with Gasteiger partial charge in [-0.1, -0.05) is 19.9 Å². The van der Waals surface area contributed by atoms with Crippen molar-refractivity contribution < 1.29 is 4.79 Å². The largest absolute Gasteiger partial charge is 0.351 e. The van der Waals surface area contributed by atoms with Crippen LogP contribution < -0.4 is 10.6 Å². The van der Waals surface area contributed by atoms with Crippen LogP contribution in [0.1, 0.15) is 19.4 Å². The molecule has 0 fully saturated rings. The number of nitrogens with one attached hydrogen (secondary N) is 2. The van der Waals surface area contributed by atoms with Crippen LogP contribution in [0.2, 0.25) is 0 Å². The molecule has 0 atom stereocenters. The van der Waals surface area contributed by atoms with Crippen molar-refractivity contribution in [1.82, 2.24) is 10.3 Å². The number of hydrogen-bond donors (Lipinski definition) is 2. The molecule has 5 nitrogen and oxygen atoms in total. The molecule has 0 saturated heterocycles. The smallest absolute Gasteiger partial charge is 0.263 e. The minimum absolute atomic E-state index is 0.0331. The van der Waals surface area contributed by atoms with Gasteiger partial charge >= 0.3 is 0 Å². The van der Waals surface area contributed by atoms with Crippen LogP contribution in [-0.4, -0.2) is 17.4 Å². The predicted molar refractivity (Wildman–Crippen MR) is 74.1 cm³/mol. The zero-order chi connectivity index (χ0) is 14.3. The number of carbonyl (C=O) groups excluding carboxylic acids is 1. The van der Waals surface area contributed by atoms with Crippen molar-refractivity contribution in [3.05, 3.63) is 35.7 Å². The van der Waals surface area contributed by atoms with Gasteiger partial charge in [-0.3, -0.25) is 4.79 Å². The quantitative estimate of drug-likeness (QED) is 0.625. The molecule has 0 saturated carbocycles. The standard InChI is InChI=1S/C14H18N4O/c1-10(2)8-18-14(19)12(7-15)9-17-13-11(3)5-4-6-16-13/h4-6,9-10H,8H2,1-3H3,(H,16,17)(H,18,19)/b12-9-. The molecule has 0 aliphatic rings. The molecule has 0 radical (unpaired) electrons. The molecule has 100 valence electrons. The van der Waals surface area contributed by atoms with Crippen molar-refractivity contribution in [3.8, 4) is 6.07 Å². The average molecular weight is 258 g/mol. The Bertz CT molecular complexity index is 514. The van der Waals surface area contributed by atoms with E-state index in [1.165, 1.54) is 6.20 Å². The van der Waals surface area contributed by atoms with Gasteiger partial charge < -0.3 is 10.6 Å². The van der Waals surface area contributed by atoms with Crippen LogP contribution in [0.3, 0.4) is 0 Å². The van der Waals surface area contributed by atoms with Crippen molar-refractivity contribution >= 4 is 11.7 Å². The molecule has 0 bridgehead atoms. The SMILES string of the molecule is Cc1cccnc1N/C=C(/C#N)C(=O)NCC(C)C. The monoisotopic (exact) mass is 258 g/mol. The van der Waals surface area contributed by atoms with Gasteiger partial charge in [0.25, 0.3) is 5.91 Å². The third-order valence-corrected chi connectivity index (χ3v) is 2.40. The summed E-state index contributed by atoms with van der Waals surface area (Å²) in [5.74, 6) is 0.596. The summed E-state index contributed by atoms with van der Waals surface area (Å²) in [6, 6.07) is 5.60. The fraction of sp³-hybridized carbons (Fsp3) is 0.357. The van der Waals surface area contributed by atoms with E-state index in [1.807, 2.05) is 39.0 Å². The van der Waals surface area contributed by atoms with Gasteiger partial charge in [-0.2, -0.15) is 5.26 Å². The summed E-state index contributed by atoms with van der Waals surface area (Å²) < 4.78 is 0. The van der Waals surface area contributed by atoms with Gasteiger partial charge in [-0.05, 0) is 24.5 Å². The van der Waals surface area contributed by atoms with Crippen LogP contribution in [0.4, 0.5) is 5.82 Å². The molecular weight excluding hydrogens is 240 g/mol. The second-order valence-electron chi connectivity index (χ2n) is 4.59. The van der Waals surface area contributed by atoms with E-state index in [1.54, 1.807) is 6.20 Å². The van der Waals surface area contributed by atoms with E-state index in [0.29, 0.717) is 18.3 Å². The summed E-state index contributed by atoms with van der Waals surface area (Å²) >= 11 is 0. The molecular formula is C14H18N4O. The summed E-state index contributed by atoms with van der Waals surface area (Å²) in [4.78, 5) is 15.8. The van der Waals surface area contributed by atoms with E-state index in [0.717, 1.165) is 5.56 Å². The fourth-order valence-electron chi connectivity index (χ4n) is 1.32. The highest BCUT2D eigenvalue weighted by Gasteiger charge is 2.09. The lowest BCUT2D eigenvalue weighted by molar-refractivity contribution is -0.117. The zero-order valence-corrected chi connectivity index (χ0v) is 11.4. The number of aromatic nitrogens is 1. The Labute approximate surface area is 113 Å². The molecule has 0 aliphatic heterocycles. The lowest BCUT2D eigenvalue weighted by atomic mass is 10.2. The van der Waals surface area contributed by atoms with E-state index in [-0.39, 0.29) is 11.5 Å². The number of anilines is 1. The first-order valence-electron chi connectivity index (χ1n) is 6.11. The maximum atomic E-state index is 11.7. The first kappa shape index (κ1) is 14.7. The van der Waals surface area contributed by atoms with Gasteiger partial charge in [0, 0.05) is 18.9 Å². The Hall–Kier alpha value is -2.35. The Morgan fingerprint density at radius 2 is 2.32 bits per heavy atom. The lowest BCUT2D eigenvalue weighted by Gasteiger charge is -2.07. The van der Waals surface area contributed by atoms with Crippen molar-refractivity contribution in [3.63, 3.8) is 0 Å². The molecule has 1 aromatic heterocycles. The predicted octanol–water partition coefficient (Wildman–Crippen LogP) is 1.98. The number of nitrogens with zero attached hydrogens (tertiary/aromatic N) is 2. The van der Waals surface area contributed by atoms with Crippen LogP contribution in [0.25, 0.3) is 0 Å². The molecule has 5 heteroatoms. The minimum Gasteiger partial charge on any atom is -0.351 e. The molecule has 0 aliphatic carbocycles. The van der Waals surface area contributed by atoms with E-state index in [9.17, 15) is 4.79 Å². The maximum Gasteiger partial charge on any atom is 0.263 e. The van der Waals surface area contributed by atoms with E-state index in [4.69, 9.17) is 5.26 Å². The molecule has 0 spiro atoms. The molecule has 19 heavy (non-hydrogen) atoms. The van der Waals surface area contributed by atoms with E-state index < -0.39 is 0 Å². The number of rotatable bonds is 5. The fourth-order valence-corrected chi connectivity index (χ4v) is 1.32. The van der Waals surface area contributed by atoms with Gasteiger partial charge in [0.05, 0.1) is 0 Å². The molecule has 0 unspecified atom stereocenters. The highest BCUT2D eigenvalue weighted by atomic mass is 16.1. The number of amides is 1. The minimum atomic E-state index is -0.378. The Morgan fingerprint density at radius 3 is 2.89 bits per heavy atom. The third kappa shape index (κ3) is 4.80. The highest BCUT2D eigenvalue weighted by molar-refractivity contribution is 5.97. The lowest BCUT2D eigenvalue weighted by Crippen LogP contribution is -2.28.